The van der Waals surface area contributed by atoms with Crippen molar-refractivity contribution in [2.75, 3.05) is 6.61 Å². The summed E-state index contributed by atoms with van der Waals surface area (Å²) in [6.07, 6.45) is -2.80. The molecule has 7 heteroatoms. The lowest BCUT2D eigenvalue weighted by atomic mass is 10.2. The Morgan fingerprint density at radius 3 is 2.82 bits per heavy atom. The number of halogens is 3. The minimum atomic E-state index is -2.80. The molecule has 1 aromatic heterocycles. The minimum Gasteiger partial charge on any atom is -0.461 e. The van der Waals surface area contributed by atoms with Crippen LogP contribution in [0.1, 0.15) is 35.1 Å². The molecule has 0 N–H and O–H groups in total. The van der Waals surface area contributed by atoms with E-state index in [0.717, 1.165) is 6.07 Å². The second-order valence-corrected chi connectivity index (χ2v) is 4.05. The summed E-state index contributed by atoms with van der Waals surface area (Å²) in [6.45, 7) is 1.76. The number of rotatable bonds is 3. The number of hydrogen-bond donors (Lipinski definition) is 0. The fraction of sp³-hybridized carbons (Fsp3) is 0.300. The molecule has 0 saturated heterocycles. The summed E-state index contributed by atoms with van der Waals surface area (Å²) in [5, 5.41) is 8.69. The van der Waals surface area contributed by atoms with Gasteiger partial charge in [-0.25, -0.2) is 18.6 Å². The van der Waals surface area contributed by atoms with Crippen molar-refractivity contribution in [3.63, 3.8) is 0 Å². The third-order valence-corrected chi connectivity index (χ3v) is 2.64. The molecular weight excluding hydrogens is 345 g/mol. The van der Waals surface area contributed by atoms with Crippen LogP contribution in [0.15, 0.2) is 6.07 Å². The third kappa shape index (κ3) is 3.09. The Hall–Kier alpha value is -1.30. The highest BCUT2D eigenvalue weighted by molar-refractivity contribution is 14.1. The number of pyridine rings is 1. The van der Waals surface area contributed by atoms with E-state index in [-0.39, 0.29) is 15.9 Å². The van der Waals surface area contributed by atoms with Crippen LogP contribution in [0.4, 0.5) is 8.78 Å². The van der Waals surface area contributed by atoms with E-state index in [1.807, 2.05) is 0 Å². The maximum absolute atomic E-state index is 12.6. The van der Waals surface area contributed by atoms with Crippen LogP contribution in [0.25, 0.3) is 0 Å². The largest absolute Gasteiger partial charge is 0.461 e. The number of hydrogen-bond acceptors (Lipinski definition) is 4. The molecule has 0 aliphatic carbocycles. The standard InChI is InChI=1S/C10H7F2IN2O2/c1-2-17-10(16)8-6(13)3-5(9(11)12)7(4-14)15-8/h3,9H,2H2,1H3. The fourth-order valence-electron chi connectivity index (χ4n) is 1.10. The molecule has 0 aliphatic heterocycles. The van der Waals surface area contributed by atoms with E-state index in [0.29, 0.717) is 0 Å². The van der Waals surface area contributed by atoms with Gasteiger partial charge in [0.2, 0.25) is 0 Å². The highest BCUT2D eigenvalue weighted by Gasteiger charge is 2.21. The van der Waals surface area contributed by atoms with Crippen molar-refractivity contribution >= 4 is 28.6 Å². The normalized spacial score (nSPS) is 10.1. The lowest BCUT2D eigenvalue weighted by Crippen LogP contribution is -2.12. The summed E-state index contributed by atoms with van der Waals surface area (Å²) < 4.78 is 30.1. The van der Waals surface area contributed by atoms with E-state index in [2.05, 4.69) is 4.98 Å². The molecule has 0 radical (unpaired) electrons. The highest BCUT2D eigenvalue weighted by Crippen LogP contribution is 2.25. The van der Waals surface area contributed by atoms with E-state index in [4.69, 9.17) is 10.00 Å². The number of ether oxygens (including phenoxy) is 1. The van der Waals surface area contributed by atoms with Crippen LogP contribution in [0.5, 0.6) is 0 Å². The first-order valence-corrected chi connectivity index (χ1v) is 5.65. The first-order valence-electron chi connectivity index (χ1n) is 4.57. The van der Waals surface area contributed by atoms with Crippen molar-refractivity contribution in [3.05, 3.63) is 26.6 Å². The molecule has 0 atom stereocenters. The number of carbonyl (C=O) groups is 1. The van der Waals surface area contributed by atoms with Crippen molar-refractivity contribution < 1.29 is 18.3 Å². The van der Waals surface area contributed by atoms with Gasteiger partial charge in [0.25, 0.3) is 6.43 Å². The summed E-state index contributed by atoms with van der Waals surface area (Å²) >= 11 is 1.70. The molecule has 0 aliphatic rings. The van der Waals surface area contributed by atoms with Crippen LogP contribution in [-0.2, 0) is 4.74 Å². The molecule has 1 aromatic rings. The molecule has 0 fully saturated rings. The lowest BCUT2D eigenvalue weighted by molar-refractivity contribution is 0.0517. The molecule has 4 nitrogen and oxygen atoms in total. The zero-order chi connectivity index (χ0) is 13.0. The van der Waals surface area contributed by atoms with Crippen molar-refractivity contribution in [2.24, 2.45) is 0 Å². The van der Waals surface area contributed by atoms with Crippen molar-refractivity contribution in [3.8, 4) is 6.07 Å². The van der Waals surface area contributed by atoms with Crippen molar-refractivity contribution in [1.82, 2.24) is 4.98 Å². The summed E-state index contributed by atoms with van der Waals surface area (Å²) in [5.74, 6) is -0.728. The minimum absolute atomic E-state index is 0.117. The van der Waals surface area contributed by atoms with Crippen LogP contribution < -0.4 is 0 Å². The Kier molecular flexibility index (Phi) is 4.74. The molecule has 0 amide bonds. The van der Waals surface area contributed by atoms with Gasteiger partial charge in [-0.15, -0.1) is 0 Å². The Morgan fingerprint density at radius 1 is 1.71 bits per heavy atom. The summed E-state index contributed by atoms with van der Waals surface area (Å²) in [6, 6.07) is 2.61. The van der Waals surface area contributed by atoms with Crippen LogP contribution in [0, 0.1) is 14.9 Å². The van der Waals surface area contributed by atoms with E-state index < -0.39 is 23.7 Å². The first-order chi connectivity index (χ1) is 8.01. The van der Waals surface area contributed by atoms with Gasteiger partial charge in [0.15, 0.2) is 5.69 Å². The van der Waals surface area contributed by atoms with Gasteiger partial charge in [0, 0.05) is 3.57 Å². The van der Waals surface area contributed by atoms with Gasteiger partial charge in [-0.1, -0.05) is 0 Å². The van der Waals surface area contributed by atoms with Crippen LogP contribution >= 0.6 is 22.6 Å². The maximum Gasteiger partial charge on any atom is 0.358 e. The molecule has 0 saturated carbocycles. The second kappa shape index (κ2) is 5.86. The molecule has 90 valence electrons. The quantitative estimate of drug-likeness (QED) is 0.620. The number of aromatic nitrogens is 1. The number of esters is 1. The fourth-order valence-corrected chi connectivity index (χ4v) is 1.78. The topological polar surface area (TPSA) is 63.0 Å². The number of carbonyl (C=O) groups excluding carboxylic acids is 1. The Morgan fingerprint density at radius 2 is 2.35 bits per heavy atom. The average Bonchev–Trinajstić information content (AvgIpc) is 2.28. The monoisotopic (exact) mass is 352 g/mol. The van der Waals surface area contributed by atoms with Gasteiger partial charge in [-0.2, -0.15) is 5.26 Å². The van der Waals surface area contributed by atoms with Gasteiger partial charge < -0.3 is 4.74 Å². The second-order valence-electron chi connectivity index (χ2n) is 2.89. The molecule has 17 heavy (non-hydrogen) atoms. The summed E-state index contributed by atoms with van der Waals surface area (Å²) in [4.78, 5) is 15.0. The van der Waals surface area contributed by atoms with E-state index in [1.54, 1.807) is 29.5 Å². The molecule has 1 heterocycles. The number of nitriles is 1. The first kappa shape index (κ1) is 13.8. The van der Waals surface area contributed by atoms with Crippen molar-refractivity contribution in [1.29, 1.82) is 5.26 Å². The molecular formula is C10H7F2IN2O2. The predicted molar refractivity (Wildman–Crippen MR) is 62.6 cm³/mol. The summed E-state index contributed by atoms with van der Waals surface area (Å²) in [5.41, 5.74) is -1.05. The Labute approximate surface area is 110 Å². The van der Waals surface area contributed by atoms with Crippen LogP contribution in [0.3, 0.4) is 0 Å². The molecule has 0 spiro atoms. The molecule has 0 bridgehead atoms. The van der Waals surface area contributed by atoms with E-state index in [9.17, 15) is 13.6 Å². The third-order valence-electron chi connectivity index (χ3n) is 1.82. The molecule has 0 unspecified atom stereocenters. The van der Waals surface area contributed by atoms with Gasteiger partial charge in [-0.05, 0) is 35.6 Å². The van der Waals surface area contributed by atoms with E-state index >= 15 is 0 Å². The Balaban J connectivity index is 3.28. The summed E-state index contributed by atoms with van der Waals surface area (Å²) in [7, 11) is 0. The molecule has 0 aromatic carbocycles. The van der Waals surface area contributed by atoms with Gasteiger partial charge in [0.1, 0.15) is 11.8 Å². The van der Waals surface area contributed by atoms with E-state index in [1.165, 1.54) is 6.07 Å². The van der Waals surface area contributed by atoms with Crippen molar-refractivity contribution in [2.45, 2.75) is 13.3 Å². The van der Waals surface area contributed by atoms with Gasteiger partial charge >= 0.3 is 5.97 Å². The zero-order valence-corrected chi connectivity index (χ0v) is 10.9. The maximum atomic E-state index is 12.6. The predicted octanol–water partition coefficient (Wildman–Crippen LogP) is 2.67. The van der Waals surface area contributed by atoms with Crippen LogP contribution in [0.2, 0.25) is 0 Å². The van der Waals surface area contributed by atoms with Gasteiger partial charge in [0.05, 0.1) is 12.2 Å². The lowest BCUT2D eigenvalue weighted by Gasteiger charge is -2.07. The average molecular weight is 352 g/mol. The number of nitrogens with zero attached hydrogens (tertiary/aromatic N) is 2. The number of alkyl halides is 2. The highest BCUT2D eigenvalue weighted by atomic mass is 127. The Bertz CT molecular complexity index is 486. The van der Waals surface area contributed by atoms with Crippen LogP contribution in [-0.4, -0.2) is 17.6 Å². The zero-order valence-electron chi connectivity index (χ0n) is 8.71. The SMILES string of the molecule is CCOC(=O)c1nc(C#N)c(C(F)F)cc1I. The smallest absolute Gasteiger partial charge is 0.358 e. The molecule has 1 rings (SSSR count). The van der Waals surface area contributed by atoms with Gasteiger partial charge in [-0.3, -0.25) is 0 Å².